The van der Waals surface area contributed by atoms with Gasteiger partial charge in [0.15, 0.2) is 0 Å². The highest BCUT2D eigenvalue weighted by atomic mass is 31.2. The molecule has 31 heavy (non-hydrogen) atoms. The van der Waals surface area contributed by atoms with Gasteiger partial charge in [0.05, 0.1) is 0 Å². The molecule has 0 aromatic heterocycles. The minimum absolute atomic E-state index is 0.243. The summed E-state index contributed by atoms with van der Waals surface area (Å²) >= 11 is 0. The molecule has 0 spiro atoms. The SMILES string of the molecule is CC1=CP(=O)(c2c(C)cc(C)cc2C)[C@H]2[C@@H]1[C@H]1C(C)=C[C@@H]2[P@]1c1c(C)cc(C)cc1C. The summed E-state index contributed by atoms with van der Waals surface area (Å²) < 4.78 is 15.0. The number of benzene rings is 2. The van der Waals surface area contributed by atoms with Gasteiger partial charge in [-0.3, -0.25) is 0 Å². The predicted molar refractivity (Wildman–Crippen MR) is 137 cm³/mol. The van der Waals surface area contributed by atoms with Gasteiger partial charge >= 0.3 is 0 Å². The number of hydrogen-bond acceptors (Lipinski definition) is 1. The van der Waals surface area contributed by atoms with Crippen LogP contribution >= 0.6 is 15.1 Å². The van der Waals surface area contributed by atoms with Crippen molar-refractivity contribution in [2.75, 3.05) is 0 Å². The topological polar surface area (TPSA) is 17.1 Å². The molecule has 0 N–H and O–H groups in total. The van der Waals surface area contributed by atoms with Gasteiger partial charge in [0.2, 0.25) is 0 Å². The van der Waals surface area contributed by atoms with Gasteiger partial charge in [-0.15, -0.1) is 0 Å². The zero-order valence-electron chi connectivity index (χ0n) is 20.1. The van der Waals surface area contributed by atoms with Crippen LogP contribution in [0.4, 0.5) is 0 Å². The lowest BCUT2D eigenvalue weighted by atomic mass is 9.85. The van der Waals surface area contributed by atoms with Gasteiger partial charge in [0, 0.05) is 28.2 Å². The molecule has 3 heterocycles. The van der Waals surface area contributed by atoms with E-state index in [2.05, 4.69) is 91.5 Å². The van der Waals surface area contributed by atoms with Gasteiger partial charge in [0.25, 0.3) is 0 Å². The Kier molecular flexibility index (Phi) is 4.86. The summed E-state index contributed by atoms with van der Waals surface area (Å²) in [5.41, 5.74) is 12.0. The summed E-state index contributed by atoms with van der Waals surface area (Å²) in [5, 5.41) is 2.73. The molecule has 3 aliphatic rings. The molecule has 0 amide bonds. The third-order valence-electron chi connectivity index (χ3n) is 7.82. The minimum atomic E-state index is -2.63. The Morgan fingerprint density at radius 2 is 1.26 bits per heavy atom. The van der Waals surface area contributed by atoms with E-state index in [1.807, 2.05) is 0 Å². The zero-order chi connectivity index (χ0) is 22.4. The fourth-order valence-electron chi connectivity index (χ4n) is 7.24. The molecule has 6 atom stereocenters. The van der Waals surface area contributed by atoms with E-state index in [4.69, 9.17) is 0 Å². The number of allylic oxidation sites excluding steroid dienone is 3. The maximum atomic E-state index is 15.0. The lowest BCUT2D eigenvalue weighted by Gasteiger charge is -2.30. The summed E-state index contributed by atoms with van der Waals surface area (Å²) in [6, 6.07) is 9.15. The van der Waals surface area contributed by atoms with Crippen LogP contribution in [0, 0.1) is 47.5 Å². The van der Waals surface area contributed by atoms with Crippen LogP contribution in [0.3, 0.4) is 0 Å². The molecule has 2 bridgehead atoms. The smallest absolute Gasteiger partial charge is 0.141 e. The first-order valence-electron chi connectivity index (χ1n) is 11.5. The van der Waals surface area contributed by atoms with E-state index in [-0.39, 0.29) is 13.6 Å². The standard InChI is InChI=1S/C28H34OP2/c1-15-9-17(3)25(18(4)10-15)30-23-13-19(5)26(30)24-22(8)14-31(29,28(23)24)27-20(6)11-16(2)12-21(27)7/h9-14,23-24,26,28H,1-8H3/t23-,24-,26+,28+,30+,31?/m0/s1. The van der Waals surface area contributed by atoms with Crippen molar-refractivity contribution in [3.63, 3.8) is 0 Å². The van der Waals surface area contributed by atoms with Gasteiger partial charge in [0.1, 0.15) is 7.14 Å². The van der Waals surface area contributed by atoms with Crippen molar-refractivity contribution in [3.8, 4) is 0 Å². The Labute approximate surface area is 189 Å². The Morgan fingerprint density at radius 3 is 1.81 bits per heavy atom. The van der Waals surface area contributed by atoms with E-state index >= 15 is 0 Å². The average Bonchev–Trinajstić information content (AvgIpc) is 3.20. The average molecular weight is 449 g/mol. The molecule has 0 saturated carbocycles. The van der Waals surface area contributed by atoms with Crippen LogP contribution in [0.5, 0.6) is 0 Å². The molecule has 1 unspecified atom stereocenters. The van der Waals surface area contributed by atoms with Crippen molar-refractivity contribution in [1.82, 2.24) is 0 Å². The number of aryl methyl sites for hydroxylation is 6. The van der Waals surface area contributed by atoms with Gasteiger partial charge in [-0.05, 0) is 88.8 Å². The monoisotopic (exact) mass is 448 g/mol. The highest BCUT2D eigenvalue weighted by Crippen LogP contribution is 2.78. The van der Waals surface area contributed by atoms with E-state index in [1.54, 1.807) is 5.30 Å². The van der Waals surface area contributed by atoms with Crippen LogP contribution in [0.2, 0.25) is 0 Å². The van der Waals surface area contributed by atoms with Gasteiger partial charge in [-0.25, -0.2) is 0 Å². The molecular formula is C28H34OP2. The van der Waals surface area contributed by atoms with E-state index in [1.165, 1.54) is 44.5 Å². The third kappa shape index (κ3) is 2.89. The first kappa shape index (κ1) is 21.4. The molecule has 5 rings (SSSR count). The van der Waals surface area contributed by atoms with Crippen molar-refractivity contribution in [2.24, 2.45) is 5.92 Å². The zero-order valence-corrected chi connectivity index (χ0v) is 21.9. The largest absolute Gasteiger partial charge is 0.314 e. The lowest BCUT2D eigenvalue weighted by molar-refractivity contribution is 0.552. The van der Waals surface area contributed by atoms with Crippen LogP contribution in [0.1, 0.15) is 47.2 Å². The van der Waals surface area contributed by atoms with Crippen molar-refractivity contribution >= 4 is 25.7 Å². The maximum Gasteiger partial charge on any atom is 0.141 e. The second-order valence-corrected chi connectivity index (χ2v) is 15.5. The van der Waals surface area contributed by atoms with E-state index in [9.17, 15) is 4.57 Å². The van der Waals surface area contributed by atoms with Crippen molar-refractivity contribution in [3.05, 3.63) is 80.7 Å². The Balaban J connectivity index is 1.70. The summed E-state index contributed by atoms with van der Waals surface area (Å²) in [6.07, 6.45) is 2.52. The molecule has 2 aromatic rings. The normalized spacial score (nSPS) is 33.5. The summed E-state index contributed by atoms with van der Waals surface area (Å²) in [5.74, 6) is 2.66. The Morgan fingerprint density at radius 1 is 0.742 bits per heavy atom. The summed E-state index contributed by atoms with van der Waals surface area (Å²) in [4.78, 5) is 0. The number of rotatable bonds is 2. The van der Waals surface area contributed by atoms with Crippen molar-refractivity contribution < 1.29 is 4.57 Å². The van der Waals surface area contributed by atoms with Crippen molar-refractivity contribution in [1.29, 1.82) is 0 Å². The Hall–Kier alpha value is -1.42. The molecule has 1 fully saturated rings. The molecule has 1 saturated heterocycles. The van der Waals surface area contributed by atoms with Gasteiger partial charge in [-0.2, -0.15) is 0 Å². The van der Waals surface area contributed by atoms with E-state index in [0.717, 1.165) is 5.30 Å². The molecular weight excluding hydrogens is 414 g/mol. The van der Waals surface area contributed by atoms with Crippen molar-refractivity contribution in [2.45, 2.75) is 72.4 Å². The van der Waals surface area contributed by atoms with Crippen LogP contribution in [0.25, 0.3) is 0 Å². The highest BCUT2D eigenvalue weighted by Gasteiger charge is 2.63. The summed E-state index contributed by atoms with van der Waals surface area (Å²) in [6.45, 7) is 17.8. The highest BCUT2D eigenvalue weighted by molar-refractivity contribution is 7.78. The molecule has 162 valence electrons. The molecule has 2 aromatic carbocycles. The molecule has 1 nitrogen and oxygen atoms in total. The van der Waals surface area contributed by atoms with Gasteiger partial charge in [-0.1, -0.05) is 60.5 Å². The maximum absolute atomic E-state index is 15.0. The molecule has 0 radical (unpaired) electrons. The predicted octanol–water partition coefficient (Wildman–Crippen LogP) is 6.95. The first-order valence-corrected chi connectivity index (χ1v) is 14.8. The Bertz CT molecular complexity index is 1190. The molecule has 3 aliphatic heterocycles. The van der Waals surface area contributed by atoms with Crippen LogP contribution < -0.4 is 10.6 Å². The second-order valence-electron chi connectivity index (χ2n) is 10.3. The van der Waals surface area contributed by atoms with Crippen LogP contribution in [-0.2, 0) is 4.57 Å². The minimum Gasteiger partial charge on any atom is -0.314 e. The van der Waals surface area contributed by atoms with Gasteiger partial charge < -0.3 is 4.57 Å². The third-order valence-corrected chi connectivity index (χ3v) is 15.4. The number of fused-ring (bicyclic) bond motifs is 5. The van der Waals surface area contributed by atoms with Crippen LogP contribution in [0.15, 0.2) is 47.3 Å². The first-order chi connectivity index (χ1) is 14.5. The fourth-order valence-corrected chi connectivity index (χ4v) is 16.5. The second kappa shape index (κ2) is 7.04. The lowest BCUT2D eigenvalue weighted by Crippen LogP contribution is -2.31. The quantitative estimate of drug-likeness (QED) is 0.359. The summed E-state index contributed by atoms with van der Waals surface area (Å²) in [7, 11) is -3.02. The fraction of sp³-hybridized carbons (Fsp3) is 0.429. The van der Waals surface area contributed by atoms with Crippen LogP contribution in [-0.4, -0.2) is 17.0 Å². The molecule has 0 aliphatic carbocycles. The van der Waals surface area contributed by atoms with E-state index < -0.39 is 7.14 Å². The van der Waals surface area contributed by atoms with E-state index in [0.29, 0.717) is 17.2 Å². The number of hydrogen-bond donors (Lipinski definition) is 0. The molecule has 3 heteroatoms.